The number of nitrogens with zero attached hydrogens (tertiary/aromatic N) is 2. The van der Waals surface area contributed by atoms with Crippen molar-refractivity contribution in [1.29, 1.82) is 0 Å². The van der Waals surface area contributed by atoms with E-state index < -0.39 is 22.5 Å². The first kappa shape index (κ1) is 22.1. The number of halogens is 1. The van der Waals surface area contributed by atoms with E-state index in [1.807, 2.05) is 6.92 Å². The Kier molecular flexibility index (Phi) is 7.33. The number of ether oxygens (including phenoxy) is 1. The molecule has 3 rings (SSSR count). The van der Waals surface area contributed by atoms with Crippen LogP contribution in [0.3, 0.4) is 0 Å². The number of nitrogens with one attached hydrogen (secondary N) is 1. The standard InChI is InChI=1S/C21H24ClN3O4S/c1-2-29-19-11-9-18(10-12-19)25(15-21(26)24-23-17-5-3-4-6-17)30(27,28)20-13-7-16(22)8-14-20/h7-14H,2-6,15H2,1H3,(H,24,26). The Morgan fingerprint density at radius 1 is 1.10 bits per heavy atom. The molecule has 7 nitrogen and oxygen atoms in total. The maximum absolute atomic E-state index is 13.3. The molecule has 160 valence electrons. The van der Waals surface area contributed by atoms with Crippen molar-refractivity contribution in [2.75, 3.05) is 17.5 Å². The lowest BCUT2D eigenvalue weighted by atomic mass is 10.3. The number of amides is 1. The topological polar surface area (TPSA) is 88.1 Å². The van der Waals surface area contributed by atoms with Crippen LogP contribution in [0.1, 0.15) is 32.6 Å². The van der Waals surface area contributed by atoms with E-state index in [9.17, 15) is 13.2 Å². The van der Waals surface area contributed by atoms with Crippen molar-refractivity contribution in [3.8, 4) is 5.75 Å². The molecule has 1 saturated carbocycles. The Bertz CT molecular complexity index is 998. The summed E-state index contributed by atoms with van der Waals surface area (Å²) in [4.78, 5) is 12.6. The average Bonchev–Trinajstić information content (AvgIpc) is 3.25. The van der Waals surface area contributed by atoms with E-state index in [-0.39, 0.29) is 4.90 Å². The Balaban J connectivity index is 1.88. The molecular weight excluding hydrogens is 426 g/mol. The molecule has 0 saturated heterocycles. The lowest BCUT2D eigenvalue weighted by molar-refractivity contribution is -0.119. The van der Waals surface area contributed by atoms with Crippen LogP contribution >= 0.6 is 11.6 Å². The predicted octanol–water partition coefficient (Wildman–Crippen LogP) is 3.98. The Morgan fingerprint density at radius 3 is 2.33 bits per heavy atom. The fourth-order valence-corrected chi connectivity index (χ4v) is 4.67. The number of benzene rings is 2. The molecule has 1 aliphatic rings. The van der Waals surface area contributed by atoms with Gasteiger partial charge in [0.1, 0.15) is 12.3 Å². The molecule has 30 heavy (non-hydrogen) atoms. The molecule has 1 aliphatic carbocycles. The summed E-state index contributed by atoms with van der Waals surface area (Å²) >= 11 is 5.89. The highest BCUT2D eigenvalue weighted by atomic mass is 35.5. The van der Waals surface area contributed by atoms with Gasteiger partial charge in [0.2, 0.25) is 0 Å². The zero-order valence-corrected chi connectivity index (χ0v) is 18.2. The normalized spacial score (nSPS) is 13.7. The summed E-state index contributed by atoms with van der Waals surface area (Å²) in [6.45, 7) is 1.95. The van der Waals surface area contributed by atoms with Gasteiger partial charge in [-0.3, -0.25) is 9.10 Å². The minimum Gasteiger partial charge on any atom is -0.494 e. The molecule has 0 heterocycles. The number of anilines is 1. The van der Waals surface area contributed by atoms with Gasteiger partial charge in [-0.15, -0.1) is 0 Å². The fraction of sp³-hybridized carbons (Fsp3) is 0.333. The minimum absolute atomic E-state index is 0.0377. The molecule has 0 bridgehead atoms. The summed E-state index contributed by atoms with van der Waals surface area (Å²) in [6.07, 6.45) is 3.81. The summed E-state index contributed by atoms with van der Waals surface area (Å²) in [6, 6.07) is 12.4. The number of rotatable bonds is 8. The third kappa shape index (κ3) is 5.52. The second kappa shape index (κ2) is 9.95. The highest BCUT2D eigenvalue weighted by Gasteiger charge is 2.27. The van der Waals surface area contributed by atoms with Gasteiger partial charge >= 0.3 is 0 Å². The third-order valence-corrected chi connectivity index (χ3v) is 6.68. The van der Waals surface area contributed by atoms with Crippen molar-refractivity contribution >= 4 is 38.9 Å². The predicted molar refractivity (Wildman–Crippen MR) is 118 cm³/mol. The molecular formula is C21H24ClN3O4S. The summed E-state index contributed by atoms with van der Waals surface area (Å²) < 4.78 is 33.0. The molecule has 2 aromatic carbocycles. The molecule has 0 aromatic heterocycles. The van der Waals surface area contributed by atoms with E-state index in [1.54, 1.807) is 24.3 Å². The number of hydrogen-bond acceptors (Lipinski definition) is 5. The molecule has 0 radical (unpaired) electrons. The number of sulfonamides is 1. The van der Waals surface area contributed by atoms with Crippen molar-refractivity contribution in [1.82, 2.24) is 5.43 Å². The SMILES string of the molecule is CCOc1ccc(N(CC(=O)NN=C2CCCC2)S(=O)(=O)c2ccc(Cl)cc2)cc1. The van der Waals surface area contributed by atoms with Crippen LogP contribution in [-0.2, 0) is 14.8 Å². The molecule has 0 atom stereocenters. The maximum atomic E-state index is 13.3. The van der Waals surface area contributed by atoms with E-state index in [1.165, 1.54) is 24.3 Å². The maximum Gasteiger partial charge on any atom is 0.264 e. The van der Waals surface area contributed by atoms with Crippen molar-refractivity contribution in [2.45, 2.75) is 37.5 Å². The lowest BCUT2D eigenvalue weighted by Crippen LogP contribution is -2.39. The minimum atomic E-state index is -4.00. The Morgan fingerprint density at radius 2 is 1.73 bits per heavy atom. The highest BCUT2D eigenvalue weighted by Crippen LogP contribution is 2.26. The van der Waals surface area contributed by atoms with Crippen LogP contribution in [0.15, 0.2) is 58.5 Å². The molecule has 1 N–H and O–H groups in total. The van der Waals surface area contributed by atoms with Gasteiger partial charge in [-0.2, -0.15) is 5.10 Å². The van der Waals surface area contributed by atoms with Gasteiger partial charge in [-0.25, -0.2) is 13.8 Å². The first-order valence-electron chi connectivity index (χ1n) is 9.75. The third-order valence-electron chi connectivity index (χ3n) is 4.64. The van der Waals surface area contributed by atoms with Crippen LogP contribution in [0, 0.1) is 0 Å². The van der Waals surface area contributed by atoms with Gasteiger partial charge in [0.15, 0.2) is 0 Å². The number of carbonyl (C=O) groups excluding carboxylic acids is 1. The first-order chi connectivity index (χ1) is 14.4. The van der Waals surface area contributed by atoms with Gasteiger partial charge in [-0.05, 0) is 81.1 Å². The first-order valence-corrected chi connectivity index (χ1v) is 11.6. The monoisotopic (exact) mass is 449 g/mol. The molecule has 0 spiro atoms. The van der Waals surface area contributed by atoms with Crippen LogP contribution < -0.4 is 14.5 Å². The Labute approximate surface area is 181 Å². The molecule has 0 unspecified atom stereocenters. The van der Waals surface area contributed by atoms with E-state index in [0.717, 1.165) is 35.7 Å². The van der Waals surface area contributed by atoms with Crippen molar-refractivity contribution < 1.29 is 17.9 Å². The van der Waals surface area contributed by atoms with Crippen LogP contribution in [0.25, 0.3) is 0 Å². The van der Waals surface area contributed by atoms with E-state index >= 15 is 0 Å². The quantitative estimate of drug-likeness (QED) is 0.617. The summed E-state index contributed by atoms with van der Waals surface area (Å²) in [5, 5.41) is 4.56. The summed E-state index contributed by atoms with van der Waals surface area (Å²) in [5.74, 6) is 0.1000. The average molecular weight is 450 g/mol. The van der Waals surface area contributed by atoms with E-state index in [4.69, 9.17) is 16.3 Å². The van der Waals surface area contributed by atoms with Crippen molar-refractivity contribution in [3.05, 3.63) is 53.6 Å². The molecule has 1 fully saturated rings. The van der Waals surface area contributed by atoms with Gasteiger partial charge in [-0.1, -0.05) is 11.6 Å². The largest absolute Gasteiger partial charge is 0.494 e. The molecule has 2 aromatic rings. The van der Waals surface area contributed by atoms with Gasteiger partial charge in [0.05, 0.1) is 17.2 Å². The molecule has 1 amide bonds. The summed E-state index contributed by atoms with van der Waals surface area (Å²) in [7, 11) is -4.00. The van der Waals surface area contributed by atoms with Crippen LogP contribution in [0.5, 0.6) is 5.75 Å². The van der Waals surface area contributed by atoms with E-state index in [2.05, 4.69) is 10.5 Å². The lowest BCUT2D eigenvalue weighted by Gasteiger charge is -2.24. The highest BCUT2D eigenvalue weighted by molar-refractivity contribution is 7.92. The number of carbonyl (C=O) groups is 1. The van der Waals surface area contributed by atoms with E-state index in [0.29, 0.717) is 23.1 Å². The van der Waals surface area contributed by atoms with Crippen LogP contribution in [-0.4, -0.2) is 33.2 Å². The second-order valence-electron chi connectivity index (χ2n) is 6.81. The molecule has 9 heteroatoms. The second-order valence-corrected chi connectivity index (χ2v) is 9.11. The smallest absolute Gasteiger partial charge is 0.264 e. The van der Waals surface area contributed by atoms with Crippen molar-refractivity contribution in [3.63, 3.8) is 0 Å². The van der Waals surface area contributed by atoms with Crippen LogP contribution in [0.2, 0.25) is 5.02 Å². The van der Waals surface area contributed by atoms with Crippen molar-refractivity contribution in [2.24, 2.45) is 5.10 Å². The van der Waals surface area contributed by atoms with Gasteiger partial charge in [0, 0.05) is 10.7 Å². The zero-order chi connectivity index (χ0) is 21.6. The Hall–Kier alpha value is -2.58. The van der Waals surface area contributed by atoms with Gasteiger partial charge < -0.3 is 4.74 Å². The number of hydrogen-bond donors (Lipinski definition) is 1. The summed E-state index contributed by atoms with van der Waals surface area (Å²) in [5.41, 5.74) is 3.76. The fourth-order valence-electron chi connectivity index (χ4n) is 3.13. The molecule has 0 aliphatic heterocycles. The zero-order valence-electron chi connectivity index (χ0n) is 16.7. The van der Waals surface area contributed by atoms with Crippen LogP contribution in [0.4, 0.5) is 5.69 Å². The van der Waals surface area contributed by atoms with Gasteiger partial charge in [0.25, 0.3) is 15.9 Å². The number of hydrazone groups is 1.